The van der Waals surface area contributed by atoms with E-state index < -0.39 is 11.6 Å². The summed E-state index contributed by atoms with van der Waals surface area (Å²) in [4.78, 5) is 0. The van der Waals surface area contributed by atoms with Crippen molar-refractivity contribution in [2.45, 2.75) is 110 Å². The van der Waals surface area contributed by atoms with Crippen LogP contribution < -0.4 is 0 Å². The second kappa shape index (κ2) is 12.0. The van der Waals surface area contributed by atoms with E-state index >= 15 is 0 Å². The maximum absolute atomic E-state index is 14.5. The zero-order valence-corrected chi connectivity index (χ0v) is 21.0. The van der Waals surface area contributed by atoms with Crippen LogP contribution in [0.3, 0.4) is 0 Å². The monoisotopic (exact) mass is 456 g/mol. The maximum Gasteiger partial charge on any atom is 0.162 e. The van der Waals surface area contributed by atoms with Crippen LogP contribution in [-0.4, -0.2) is 0 Å². The average molecular weight is 457 g/mol. The first-order valence-electron chi connectivity index (χ1n) is 14.2. The lowest BCUT2D eigenvalue weighted by Crippen LogP contribution is -2.29. The van der Waals surface area contributed by atoms with E-state index in [1.807, 2.05) is 13.0 Å². The van der Waals surface area contributed by atoms with Crippen molar-refractivity contribution in [2.75, 3.05) is 0 Å². The fourth-order valence-corrected chi connectivity index (χ4v) is 7.53. The number of allylic oxidation sites excluding steroid dienone is 1. The Balaban J connectivity index is 1.17. The van der Waals surface area contributed by atoms with Crippen molar-refractivity contribution in [3.05, 3.63) is 47.5 Å². The van der Waals surface area contributed by atoms with Gasteiger partial charge in [0, 0.05) is 0 Å². The molecule has 0 aromatic heterocycles. The van der Waals surface area contributed by atoms with E-state index in [1.54, 1.807) is 6.07 Å². The quantitative estimate of drug-likeness (QED) is 0.342. The number of hydrogen-bond acceptors (Lipinski definition) is 0. The molecule has 2 heteroatoms. The minimum Gasteiger partial charge on any atom is -0.203 e. The number of aryl methyl sites for hydroxylation is 2. The topological polar surface area (TPSA) is 0 Å². The second-order valence-electron chi connectivity index (χ2n) is 11.7. The molecule has 3 aliphatic carbocycles. The van der Waals surface area contributed by atoms with Gasteiger partial charge >= 0.3 is 0 Å². The number of hydrogen-bond donors (Lipinski definition) is 0. The normalized spacial score (nSPS) is 33.1. The minimum absolute atomic E-state index is 0.526. The fraction of sp³-hybridized carbons (Fsp3) is 0.742. The van der Waals surface area contributed by atoms with Gasteiger partial charge in [0.1, 0.15) is 0 Å². The first-order chi connectivity index (χ1) is 16.1. The summed E-state index contributed by atoms with van der Waals surface area (Å²) in [6, 6.07) is 3.63. The molecule has 0 nitrogen and oxygen atoms in total. The molecule has 3 aliphatic rings. The molecular weight excluding hydrogens is 410 g/mol. The van der Waals surface area contributed by atoms with Crippen LogP contribution in [0.5, 0.6) is 0 Å². The summed E-state index contributed by atoms with van der Waals surface area (Å²) < 4.78 is 28.7. The van der Waals surface area contributed by atoms with Gasteiger partial charge in [-0.3, -0.25) is 0 Å². The predicted molar refractivity (Wildman–Crippen MR) is 135 cm³/mol. The van der Waals surface area contributed by atoms with Crippen LogP contribution in [0, 0.1) is 47.1 Å². The summed E-state index contributed by atoms with van der Waals surface area (Å²) in [5, 5.41) is 0. The molecule has 184 valence electrons. The van der Waals surface area contributed by atoms with E-state index in [4.69, 9.17) is 0 Å². The molecule has 3 saturated carbocycles. The highest BCUT2D eigenvalue weighted by Crippen LogP contribution is 2.46. The summed E-state index contributed by atoms with van der Waals surface area (Å²) in [5.74, 6) is 4.11. The summed E-state index contributed by atoms with van der Waals surface area (Å²) in [7, 11) is 0. The standard InChI is InChI=1S/C31H46F2/c1-3-5-28-20-21-29(31(33)30(28)32)15-10-23-8-13-25(14-9-23)27-18-16-26(17-19-27)24-11-6-22(4-2)7-12-24/h4,20-27H,2-3,5-19H2,1H3. The maximum atomic E-state index is 14.5. The lowest BCUT2D eigenvalue weighted by atomic mass is 9.65. The Bertz CT molecular complexity index is 744. The molecule has 0 amide bonds. The molecule has 0 N–H and O–H groups in total. The van der Waals surface area contributed by atoms with Gasteiger partial charge in [-0.05, 0) is 130 Å². The first-order valence-corrected chi connectivity index (χ1v) is 14.2. The van der Waals surface area contributed by atoms with E-state index in [-0.39, 0.29) is 0 Å². The molecule has 0 atom stereocenters. The highest BCUT2D eigenvalue weighted by atomic mass is 19.2. The van der Waals surface area contributed by atoms with E-state index in [9.17, 15) is 8.78 Å². The van der Waals surface area contributed by atoms with Crippen molar-refractivity contribution in [3.63, 3.8) is 0 Å². The molecule has 3 fully saturated rings. The number of benzene rings is 1. The van der Waals surface area contributed by atoms with Gasteiger partial charge in [0.05, 0.1) is 0 Å². The molecule has 1 aromatic carbocycles. The molecule has 0 saturated heterocycles. The van der Waals surface area contributed by atoms with Crippen LogP contribution in [0.1, 0.15) is 108 Å². The van der Waals surface area contributed by atoms with Crippen molar-refractivity contribution in [1.82, 2.24) is 0 Å². The molecule has 0 spiro atoms. The van der Waals surface area contributed by atoms with Gasteiger partial charge in [0.2, 0.25) is 0 Å². The molecule has 0 unspecified atom stereocenters. The molecule has 1 aromatic rings. The molecule has 4 rings (SSSR count). The number of halogens is 2. The Morgan fingerprint density at radius 1 is 0.697 bits per heavy atom. The summed E-state index contributed by atoms with van der Waals surface area (Å²) in [6.07, 6.45) is 22.1. The van der Waals surface area contributed by atoms with Crippen LogP contribution in [0.4, 0.5) is 8.78 Å². The molecular formula is C31H46F2. The highest BCUT2D eigenvalue weighted by molar-refractivity contribution is 5.26. The van der Waals surface area contributed by atoms with Gasteiger partial charge in [-0.25, -0.2) is 8.78 Å². The Hall–Kier alpha value is -1.18. The number of rotatable bonds is 8. The van der Waals surface area contributed by atoms with Gasteiger partial charge in [-0.2, -0.15) is 0 Å². The zero-order valence-electron chi connectivity index (χ0n) is 21.0. The predicted octanol–water partition coefficient (Wildman–Crippen LogP) is 9.46. The van der Waals surface area contributed by atoms with Crippen molar-refractivity contribution < 1.29 is 8.78 Å². The summed E-state index contributed by atoms with van der Waals surface area (Å²) in [6.45, 7) is 6.00. The Morgan fingerprint density at radius 3 is 1.58 bits per heavy atom. The zero-order chi connectivity index (χ0) is 23.2. The van der Waals surface area contributed by atoms with Gasteiger partial charge in [0.25, 0.3) is 0 Å². The summed E-state index contributed by atoms with van der Waals surface area (Å²) in [5.41, 5.74) is 1.10. The third-order valence-electron chi connectivity index (χ3n) is 9.77. The van der Waals surface area contributed by atoms with Crippen molar-refractivity contribution in [1.29, 1.82) is 0 Å². The van der Waals surface area contributed by atoms with Gasteiger partial charge in [-0.1, -0.05) is 44.4 Å². The molecule has 0 radical (unpaired) electrons. The molecule has 0 heterocycles. The van der Waals surface area contributed by atoms with Gasteiger partial charge in [0.15, 0.2) is 11.6 Å². The second-order valence-corrected chi connectivity index (χ2v) is 11.7. The Morgan fingerprint density at radius 2 is 1.12 bits per heavy atom. The Kier molecular flexibility index (Phi) is 9.05. The average Bonchev–Trinajstić information content (AvgIpc) is 2.87. The van der Waals surface area contributed by atoms with Gasteiger partial charge in [-0.15, -0.1) is 6.58 Å². The molecule has 33 heavy (non-hydrogen) atoms. The third-order valence-corrected chi connectivity index (χ3v) is 9.77. The minimum atomic E-state index is -0.609. The molecule has 0 aliphatic heterocycles. The smallest absolute Gasteiger partial charge is 0.162 e. The lowest BCUT2D eigenvalue weighted by Gasteiger charge is -2.41. The highest BCUT2D eigenvalue weighted by Gasteiger charge is 2.34. The van der Waals surface area contributed by atoms with Crippen molar-refractivity contribution in [3.8, 4) is 0 Å². The van der Waals surface area contributed by atoms with Crippen LogP contribution in [0.2, 0.25) is 0 Å². The van der Waals surface area contributed by atoms with E-state index in [1.165, 1.54) is 77.0 Å². The van der Waals surface area contributed by atoms with Gasteiger partial charge < -0.3 is 0 Å². The lowest BCUT2D eigenvalue weighted by molar-refractivity contribution is 0.107. The van der Waals surface area contributed by atoms with E-state index in [2.05, 4.69) is 12.7 Å². The SMILES string of the molecule is C=CC1CCC(C2CCC(C3CCC(CCc4ccc(CCC)c(F)c4F)CC3)CC2)CC1. The third kappa shape index (κ3) is 6.29. The first kappa shape index (κ1) is 24.9. The summed E-state index contributed by atoms with van der Waals surface area (Å²) >= 11 is 0. The van der Waals surface area contributed by atoms with Crippen molar-refractivity contribution in [2.24, 2.45) is 35.5 Å². The van der Waals surface area contributed by atoms with Crippen molar-refractivity contribution >= 4 is 0 Å². The molecule has 0 bridgehead atoms. The fourth-order valence-electron chi connectivity index (χ4n) is 7.53. The van der Waals surface area contributed by atoms with Crippen LogP contribution in [-0.2, 0) is 12.8 Å². The van der Waals surface area contributed by atoms with Crippen LogP contribution >= 0.6 is 0 Å². The Labute approximate surface area is 201 Å². The largest absolute Gasteiger partial charge is 0.203 e. The van der Waals surface area contributed by atoms with Crippen LogP contribution in [0.25, 0.3) is 0 Å². The van der Waals surface area contributed by atoms with E-state index in [0.717, 1.165) is 42.4 Å². The van der Waals surface area contributed by atoms with E-state index in [0.29, 0.717) is 29.9 Å². The van der Waals surface area contributed by atoms with Crippen LogP contribution in [0.15, 0.2) is 24.8 Å².